The molecule has 0 spiro atoms. The quantitative estimate of drug-likeness (QED) is 0.825. The van der Waals surface area contributed by atoms with Gasteiger partial charge in [-0.05, 0) is 49.3 Å². The minimum Gasteiger partial charge on any atom is -0.320 e. The van der Waals surface area contributed by atoms with Gasteiger partial charge in [-0.2, -0.15) is 0 Å². The lowest BCUT2D eigenvalue weighted by atomic mass is 9.96. The normalized spacial score (nSPS) is 20.5. The number of nitrogens with two attached hydrogens (primary N) is 1. The number of aromatic nitrogens is 2. The molecule has 0 saturated heterocycles. The summed E-state index contributed by atoms with van der Waals surface area (Å²) in [5.41, 5.74) is 11.1. The second-order valence-electron chi connectivity index (χ2n) is 6.07. The maximum Gasteiger partial charge on any atom is 0.164 e. The summed E-state index contributed by atoms with van der Waals surface area (Å²) < 4.78 is 2.17. The molecule has 0 aliphatic heterocycles. The van der Waals surface area contributed by atoms with Gasteiger partial charge >= 0.3 is 0 Å². The van der Waals surface area contributed by atoms with Crippen LogP contribution in [-0.4, -0.2) is 17.4 Å². The summed E-state index contributed by atoms with van der Waals surface area (Å²) in [5.74, 6) is 0.785. The molecule has 0 radical (unpaired) electrons. The number of hydrogen-bond acceptors (Lipinski definition) is 2. The van der Waals surface area contributed by atoms with Crippen molar-refractivity contribution < 1.29 is 0 Å². The molecule has 2 fully saturated rings. The van der Waals surface area contributed by atoms with Crippen LogP contribution in [0, 0.1) is 0 Å². The lowest BCUT2D eigenvalue weighted by Gasteiger charge is -2.10. The molecule has 0 amide bonds. The molecule has 96 valence electrons. The van der Waals surface area contributed by atoms with Gasteiger partial charge in [-0.3, -0.25) is 0 Å². The van der Waals surface area contributed by atoms with Crippen molar-refractivity contribution in [3.05, 3.63) is 41.9 Å². The predicted octanol–water partition coefficient (Wildman–Crippen LogP) is 0.956. The maximum atomic E-state index is 6.27. The molecule has 1 aromatic carbocycles. The molecule has 1 heterocycles. The van der Waals surface area contributed by atoms with Gasteiger partial charge in [0.2, 0.25) is 0 Å². The largest absolute Gasteiger partial charge is 0.320 e. The van der Waals surface area contributed by atoms with Crippen LogP contribution in [0.2, 0.25) is 0 Å². The van der Waals surface area contributed by atoms with E-state index in [1.807, 2.05) is 6.33 Å². The van der Waals surface area contributed by atoms with Gasteiger partial charge in [-0.1, -0.05) is 12.1 Å². The van der Waals surface area contributed by atoms with Crippen LogP contribution < -0.4 is 11.3 Å². The van der Waals surface area contributed by atoms with E-state index in [-0.39, 0.29) is 5.54 Å². The van der Waals surface area contributed by atoms with Crippen LogP contribution in [0.5, 0.6) is 0 Å². The van der Waals surface area contributed by atoms with E-state index in [0.29, 0.717) is 0 Å². The number of hydrogen-bond donors (Lipinski definition) is 1. The fourth-order valence-corrected chi connectivity index (χ4v) is 2.88. The highest BCUT2D eigenvalue weighted by atomic mass is 15.1. The van der Waals surface area contributed by atoms with E-state index in [1.54, 1.807) is 0 Å². The van der Waals surface area contributed by atoms with Gasteiger partial charge in [0.1, 0.15) is 0 Å². The van der Waals surface area contributed by atoms with Gasteiger partial charge in [0.05, 0.1) is 17.6 Å². The highest BCUT2D eigenvalue weighted by Crippen LogP contribution is 2.42. The standard InChI is InChI=1S/C15H18BN3/c16-14-13(15(17)6-7-15)18-9-19(14)12-3-1-2-11(8-12)10-4-5-10/h1-3,8-10H,4-7,16-17H2. The van der Waals surface area contributed by atoms with Crippen molar-refractivity contribution in [1.82, 2.24) is 9.55 Å². The average molecular weight is 251 g/mol. The first-order valence-corrected chi connectivity index (χ1v) is 7.11. The molecular formula is C15H18BN3. The van der Waals surface area contributed by atoms with Gasteiger partial charge in [-0.25, -0.2) is 4.98 Å². The van der Waals surface area contributed by atoms with Crippen LogP contribution in [0.3, 0.4) is 0 Å². The smallest absolute Gasteiger partial charge is 0.164 e. The Morgan fingerprint density at radius 2 is 2.11 bits per heavy atom. The molecule has 2 N–H and O–H groups in total. The van der Waals surface area contributed by atoms with E-state index in [0.717, 1.165) is 24.5 Å². The third-order valence-corrected chi connectivity index (χ3v) is 4.46. The minimum absolute atomic E-state index is 0.149. The number of nitrogens with zero attached hydrogens (tertiary/aromatic N) is 2. The number of benzene rings is 1. The second kappa shape index (κ2) is 3.73. The molecule has 2 aliphatic carbocycles. The Morgan fingerprint density at radius 3 is 2.79 bits per heavy atom. The summed E-state index contributed by atoms with van der Waals surface area (Å²) >= 11 is 0. The van der Waals surface area contributed by atoms with E-state index in [9.17, 15) is 0 Å². The Hall–Kier alpha value is -1.55. The van der Waals surface area contributed by atoms with E-state index >= 15 is 0 Å². The summed E-state index contributed by atoms with van der Waals surface area (Å²) in [6.45, 7) is 0. The first-order chi connectivity index (χ1) is 9.17. The third kappa shape index (κ3) is 1.82. The fraction of sp³-hybridized carbons (Fsp3) is 0.400. The summed E-state index contributed by atoms with van der Waals surface area (Å²) in [7, 11) is 2.12. The van der Waals surface area contributed by atoms with E-state index in [2.05, 4.69) is 41.7 Å². The Balaban J connectivity index is 1.75. The third-order valence-electron chi connectivity index (χ3n) is 4.46. The summed E-state index contributed by atoms with van der Waals surface area (Å²) in [6.07, 6.45) is 6.72. The van der Waals surface area contributed by atoms with Gasteiger partial charge < -0.3 is 10.3 Å². The molecule has 1 aromatic heterocycles. The van der Waals surface area contributed by atoms with E-state index in [4.69, 9.17) is 5.73 Å². The zero-order chi connectivity index (χ0) is 13.0. The van der Waals surface area contributed by atoms with Gasteiger partial charge in [0.25, 0.3) is 0 Å². The Morgan fingerprint density at radius 1 is 1.32 bits per heavy atom. The first kappa shape index (κ1) is 11.3. The summed E-state index contributed by atoms with van der Waals surface area (Å²) in [4.78, 5) is 4.55. The van der Waals surface area contributed by atoms with Crippen LogP contribution in [0.4, 0.5) is 0 Å². The minimum atomic E-state index is -0.149. The Labute approximate surface area is 114 Å². The van der Waals surface area contributed by atoms with Crippen molar-refractivity contribution in [2.75, 3.05) is 0 Å². The molecule has 0 atom stereocenters. The fourth-order valence-electron chi connectivity index (χ4n) is 2.88. The zero-order valence-corrected chi connectivity index (χ0v) is 11.3. The van der Waals surface area contributed by atoms with Crippen LogP contribution in [0.15, 0.2) is 30.6 Å². The molecule has 0 unspecified atom stereocenters. The predicted molar refractivity (Wildman–Crippen MR) is 78.8 cm³/mol. The van der Waals surface area contributed by atoms with Crippen molar-refractivity contribution in [2.24, 2.45) is 5.73 Å². The van der Waals surface area contributed by atoms with E-state index < -0.39 is 0 Å². The van der Waals surface area contributed by atoms with Crippen LogP contribution in [-0.2, 0) is 5.54 Å². The molecule has 0 bridgehead atoms. The van der Waals surface area contributed by atoms with Crippen molar-refractivity contribution >= 4 is 13.4 Å². The highest BCUT2D eigenvalue weighted by Gasteiger charge is 2.43. The first-order valence-electron chi connectivity index (χ1n) is 7.11. The van der Waals surface area contributed by atoms with Crippen molar-refractivity contribution in [2.45, 2.75) is 37.1 Å². The topological polar surface area (TPSA) is 43.8 Å². The Kier molecular flexibility index (Phi) is 2.22. The summed E-state index contributed by atoms with van der Waals surface area (Å²) in [5, 5.41) is 0. The average Bonchev–Trinajstić information content (AvgIpc) is 3.32. The lowest BCUT2D eigenvalue weighted by Crippen LogP contribution is -2.29. The zero-order valence-electron chi connectivity index (χ0n) is 11.3. The number of rotatable bonds is 3. The highest BCUT2D eigenvalue weighted by molar-refractivity contribution is 6.32. The molecule has 4 rings (SSSR count). The molecular weight excluding hydrogens is 233 g/mol. The lowest BCUT2D eigenvalue weighted by molar-refractivity contribution is 0.719. The van der Waals surface area contributed by atoms with Crippen molar-refractivity contribution in [3.8, 4) is 5.69 Å². The molecule has 2 aromatic rings. The second-order valence-corrected chi connectivity index (χ2v) is 6.07. The molecule has 19 heavy (non-hydrogen) atoms. The van der Waals surface area contributed by atoms with Crippen LogP contribution in [0.25, 0.3) is 5.69 Å². The van der Waals surface area contributed by atoms with Crippen LogP contribution >= 0.6 is 0 Å². The molecule has 4 heteroatoms. The van der Waals surface area contributed by atoms with Crippen LogP contribution in [0.1, 0.15) is 42.9 Å². The SMILES string of the molecule is Bc1c(C2(N)CC2)ncn1-c1cccc(C2CC2)c1. The van der Waals surface area contributed by atoms with Crippen molar-refractivity contribution in [1.29, 1.82) is 0 Å². The molecule has 2 saturated carbocycles. The monoisotopic (exact) mass is 251 g/mol. The summed E-state index contributed by atoms with van der Waals surface area (Å²) in [6, 6.07) is 8.84. The Bertz CT molecular complexity index is 639. The van der Waals surface area contributed by atoms with Gasteiger partial charge in [-0.15, -0.1) is 0 Å². The van der Waals surface area contributed by atoms with E-state index in [1.165, 1.54) is 29.7 Å². The maximum absolute atomic E-state index is 6.27. The number of imidazole rings is 1. The molecule has 2 aliphatic rings. The van der Waals surface area contributed by atoms with Gasteiger partial charge in [0, 0.05) is 11.3 Å². The van der Waals surface area contributed by atoms with Crippen molar-refractivity contribution in [3.63, 3.8) is 0 Å². The van der Waals surface area contributed by atoms with Gasteiger partial charge in [0.15, 0.2) is 7.85 Å². The molecule has 3 nitrogen and oxygen atoms in total.